The SMILES string of the molecule is CCCC(O)c1ccn(Cc2cccc(C)n2)c1. The van der Waals surface area contributed by atoms with Crippen LogP contribution in [0.25, 0.3) is 0 Å². The van der Waals surface area contributed by atoms with Crippen molar-refractivity contribution >= 4 is 0 Å². The molecule has 2 rings (SSSR count). The Bertz CT molecular complexity index is 505. The van der Waals surface area contributed by atoms with Crippen molar-refractivity contribution in [2.24, 2.45) is 0 Å². The molecule has 1 unspecified atom stereocenters. The van der Waals surface area contributed by atoms with E-state index in [0.717, 1.165) is 36.3 Å². The molecule has 0 aliphatic carbocycles. The summed E-state index contributed by atoms with van der Waals surface area (Å²) in [5.74, 6) is 0. The molecule has 0 bridgehead atoms. The highest BCUT2D eigenvalue weighted by Crippen LogP contribution is 2.18. The van der Waals surface area contributed by atoms with E-state index in [1.54, 1.807) is 0 Å². The van der Waals surface area contributed by atoms with Crippen molar-refractivity contribution in [1.82, 2.24) is 9.55 Å². The summed E-state index contributed by atoms with van der Waals surface area (Å²) in [6.45, 7) is 4.83. The van der Waals surface area contributed by atoms with E-state index in [1.807, 2.05) is 43.6 Å². The summed E-state index contributed by atoms with van der Waals surface area (Å²) in [4.78, 5) is 4.48. The lowest BCUT2D eigenvalue weighted by molar-refractivity contribution is 0.166. The van der Waals surface area contributed by atoms with Crippen LogP contribution in [0.5, 0.6) is 0 Å². The molecular formula is C15H20N2O. The summed E-state index contributed by atoms with van der Waals surface area (Å²) in [6, 6.07) is 8.02. The summed E-state index contributed by atoms with van der Waals surface area (Å²) in [5, 5.41) is 9.92. The fourth-order valence-corrected chi connectivity index (χ4v) is 2.07. The predicted molar refractivity (Wildman–Crippen MR) is 72.4 cm³/mol. The van der Waals surface area contributed by atoms with Gasteiger partial charge in [-0.15, -0.1) is 0 Å². The van der Waals surface area contributed by atoms with Gasteiger partial charge in [-0.05, 0) is 37.1 Å². The van der Waals surface area contributed by atoms with E-state index >= 15 is 0 Å². The van der Waals surface area contributed by atoms with Gasteiger partial charge in [0.15, 0.2) is 0 Å². The molecule has 96 valence electrons. The highest BCUT2D eigenvalue weighted by Gasteiger charge is 2.08. The fraction of sp³-hybridized carbons (Fsp3) is 0.400. The minimum atomic E-state index is -0.346. The van der Waals surface area contributed by atoms with Gasteiger partial charge < -0.3 is 9.67 Å². The van der Waals surface area contributed by atoms with Crippen molar-refractivity contribution in [1.29, 1.82) is 0 Å². The van der Waals surface area contributed by atoms with E-state index in [2.05, 4.69) is 16.5 Å². The molecule has 2 aromatic rings. The number of aliphatic hydroxyl groups is 1. The second-order valence-electron chi connectivity index (χ2n) is 4.69. The molecule has 0 aromatic carbocycles. The Morgan fingerprint density at radius 1 is 1.33 bits per heavy atom. The van der Waals surface area contributed by atoms with Gasteiger partial charge in [0.25, 0.3) is 0 Å². The van der Waals surface area contributed by atoms with Crippen LogP contribution < -0.4 is 0 Å². The smallest absolute Gasteiger partial charge is 0.0804 e. The molecule has 0 saturated carbocycles. The number of nitrogens with zero attached hydrogens (tertiary/aromatic N) is 2. The summed E-state index contributed by atoms with van der Waals surface area (Å²) in [6.07, 6.45) is 5.46. The lowest BCUT2D eigenvalue weighted by Crippen LogP contribution is -2.00. The third kappa shape index (κ3) is 3.20. The van der Waals surface area contributed by atoms with Gasteiger partial charge in [0.2, 0.25) is 0 Å². The second-order valence-corrected chi connectivity index (χ2v) is 4.69. The van der Waals surface area contributed by atoms with Crippen LogP contribution in [0.15, 0.2) is 36.7 Å². The van der Waals surface area contributed by atoms with Crippen LogP contribution in [0.2, 0.25) is 0 Å². The first-order valence-electron chi connectivity index (χ1n) is 6.45. The highest BCUT2D eigenvalue weighted by molar-refractivity contribution is 5.16. The first kappa shape index (κ1) is 12.8. The molecule has 0 aliphatic rings. The van der Waals surface area contributed by atoms with Gasteiger partial charge in [0.05, 0.1) is 18.3 Å². The first-order valence-corrected chi connectivity index (χ1v) is 6.45. The lowest BCUT2D eigenvalue weighted by atomic mass is 10.1. The van der Waals surface area contributed by atoms with Crippen LogP contribution >= 0.6 is 0 Å². The molecule has 3 heteroatoms. The molecule has 2 aromatic heterocycles. The molecular weight excluding hydrogens is 224 g/mol. The third-order valence-electron chi connectivity index (χ3n) is 3.01. The molecule has 0 radical (unpaired) electrons. The summed E-state index contributed by atoms with van der Waals surface area (Å²) in [5.41, 5.74) is 3.07. The summed E-state index contributed by atoms with van der Waals surface area (Å²) >= 11 is 0. The maximum Gasteiger partial charge on any atom is 0.0804 e. The zero-order valence-electron chi connectivity index (χ0n) is 11.0. The van der Waals surface area contributed by atoms with Gasteiger partial charge in [-0.25, -0.2) is 0 Å². The van der Waals surface area contributed by atoms with Gasteiger partial charge in [-0.2, -0.15) is 0 Å². The van der Waals surface area contributed by atoms with Crippen molar-refractivity contribution in [2.75, 3.05) is 0 Å². The van der Waals surface area contributed by atoms with Crippen LogP contribution in [0.4, 0.5) is 0 Å². The number of pyridine rings is 1. The molecule has 0 amide bonds. The molecule has 1 atom stereocenters. The van der Waals surface area contributed by atoms with Crippen molar-refractivity contribution in [3.63, 3.8) is 0 Å². The number of hydrogen-bond acceptors (Lipinski definition) is 2. The second kappa shape index (κ2) is 5.83. The Morgan fingerprint density at radius 2 is 2.17 bits per heavy atom. The minimum absolute atomic E-state index is 0.346. The quantitative estimate of drug-likeness (QED) is 0.877. The monoisotopic (exact) mass is 244 g/mol. The normalized spacial score (nSPS) is 12.6. The van der Waals surface area contributed by atoms with Crippen molar-refractivity contribution in [3.8, 4) is 0 Å². The Balaban J connectivity index is 2.06. The Kier molecular flexibility index (Phi) is 4.15. The van der Waals surface area contributed by atoms with Crippen LogP contribution in [0, 0.1) is 6.92 Å². The Morgan fingerprint density at radius 3 is 2.89 bits per heavy atom. The van der Waals surface area contributed by atoms with Gasteiger partial charge in [0.1, 0.15) is 0 Å². The maximum absolute atomic E-state index is 9.92. The molecule has 2 heterocycles. The topological polar surface area (TPSA) is 38.0 Å². The maximum atomic E-state index is 9.92. The number of hydrogen-bond donors (Lipinski definition) is 1. The molecule has 0 saturated heterocycles. The van der Waals surface area contributed by atoms with E-state index in [1.165, 1.54) is 0 Å². The summed E-state index contributed by atoms with van der Waals surface area (Å²) < 4.78 is 2.07. The van der Waals surface area contributed by atoms with Gasteiger partial charge in [-0.1, -0.05) is 19.4 Å². The first-order chi connectivity index (χ1) is 8.69. The highest BCUT2D eigenvalue weighted by atomic mass is 16.3. The van der Waals surface area contributed by atoms with Crippen LogP contribution in [0.3, 0.4) is 0 Å². The average Bonchev–Trinajstić information content (AvgIpc) is 2.78. The van der Waals surface area contributed by atoms with E-state index in [4.69, 9.17) is 0 Å². The molecule has 1 N–H and O–H groups in total. The lowest BCUT2D eigenvalue weighted by Gasteiger charge is -2.06. The van der Waals surface area contributed by atoms with Crippen LogP contribution in [-0.4, -0.2) is 14.7 Å². The van der Waals surface area contributed by atoms with Crippen molar-refractivity contribution in [2.45, 2.75) is 39.3 Å². The largest absolute Gasteiger partial charge is 0.388 e. The van der Waals surface area contributed by atoms with E-state index < -0.39 is 0 Å². The average molecular weight is 244 g/mol. The Labute approximate surface area is 108 Å². The van der Waals surface area contributed by atoms with Crippen molar-refractivity contribution in [3.05, 3.63) is 53.6 Å². The van der Waals surface area contributed by atoms with Gasteiger partial charge >= 0.3 is 0 Å². The number of aromatic nitrogens is 2. The molecule has 3 nitrogen and oxygen atoms in total. The van der Waals surface area contributed by atoms with Crippen LogP contribution in [0.1, 0.15) is 42.8 Å². The van der Waals surface area contributed by atoms with Gasteiger partial charge in [0, 0.05) is 18.1 Å². The molecule has 0 spiro atoms. The Hall–Kier alpha value is -1.61. The van der Waals surface area contributed by atoms with E-state index in [-0.39, 0.29) is 6.10 Å². The summed E-state index contributed by atoms with van der Waals surface area (Å²) in [7, 11) is 0. The van der Waals surface area contributed by atoms with Gasteiger partial charge in [-0.3, -0.25) is 4.98 Å². The number of aryl methyl sites for hydroxylation is 1. The van der Waals surface area contributed by atoms with E-state index in [0.29, 0.717) is 0 Å². The van der Waals surface area contributed by atoms with E-state index in [9.17, 15) is 5.11 Å². The molecule has 18 heavy (non-hydrogen) atoms. The zero-order chi connectivity index (χ0) is 13.0. The molecule has 0 fully saturated rings. The predicted octanol–water partition coefficient (Wildman–Crippen LogP) is 3.07. The third-order valence-corrected chi connectivity index (χ3v) is 3.01. The standard InChI is InChI=1S/C15H20N2O/c1-3-5-15(18)13-8-9-17(10-13)11-14-7-4-6-12(2)16-14/h4,6-10,15,18H,3,5,11H2,1-2H3. The van der Waals surface area contributed by atoms with Crippen molar-refractivity contribution < 1.29 is 5.11 Å². The zero-order valence-corrected chi connectivity index (χ0v) is 11.0. The van der Waals surface area contributed by atoms with Crippen LogP contribution in [-0.2, 0) is 6.54 Å². The number of aliphatic hydroxyl groups excluding tert-OH is 1. The molecule has 0 aliphatic heterocycles. The number of rotatable bonds is 5. The minimum Gasteiger partial charge on any atom is -0.388 e. The fourth-order valence-electron chi connectivity index (χ4n) is 2.07.